The van der Waals surface area contributed by atoms with Crippen LogP contribution in [0.1, 0.15) is 12.5 Å². The van der Waals surface area contributed by atoms with Gasteiger partial charge < -0.3 is 5.32 Å². The van der Waals surface area contributed by atoms with Gasteiger partial charge in [-0.2, -0.15) is 0 Å². The van der Waals surface area contributed by atoms with Gasteiger partial charge in [0.1, 0.15) is 0 Å². The highest BCUT2D eigenvalue weighted by Crippen LogP contribution is 2.13. The third-order valence-electron chi connectivity index (χ3n) is 2.53. The Morgan fingerprint density at radius 3 is 2.65 bits per heavy atom. The highest BCUT2D eigenvalue weighted by Gasteiger charge is 2.03. The SMILES string of the molecule is CC(Cc1ccc(Cl)cc1)Nc1cccnc1. The third kappa shape index (κ3) is 3.75. The molecule has 0 amide bonds. The topological polar surface area (TPSA) is 24.9 Å². The van der Waals surface area contributed by atoms with Gasteiger partial charge >= 0.3 is 0 Å². The summed E-state index contributed by atoms with van der Waals surface area (Å²) in [6.07, 6.45) is 4.57. The molecule has 17 heavy (non-hydrogen) atoms. The summed E-state index contributed by atoms with van der Waals surface area (Å²) in [5, 5.41) is 4.19. The largest absolute Gasteiger partial charge is 0.381 e. The molecule has 0 aliphatic heterocycles. The lowest BCUT2D eigenvalue weighted by molar-refractivity contribution is 0.789. The van der Waals surface area contributed by atoms with E-state index in [-0.39, 0.29) is 0 Å². The highest BCUT2D eigenvalue weighted by molar-refractivity contribution is 6.30. The van der Waals surface area contributed by atoms with Crippen molar-refractivity contribution in [3.63, 3.8) is 0 Å². The van der Waals surface area contributed by atoms with Crippen LogP contribution in [0.2, 0.25) is 5.02 Å². The number of hydrogen-bond donors (Lipinski definition) is 1. The zero-order valence-electron chi connectivity index (χ0n) is 9.73. The van der Waals surface area contributed by atoms with Crippen molar-refractivity contribution in [2.75, 3.05) is 5.32 Å². The van der Waals surface area contributed by atoms with Crippen molar-refractivity contribution in [2.45, 2.75) is 19.4 Å². The first-order chi connectivity index (χ1) is 8.24. The number of pyridine rings is 1. The molecule has 1 heterocycles. The van der Waals surface area contributed by atoms with E-state index in [1.807, 2.05) is 30.5 Å². The summed E-state index contributed by atoms with van der Waals surface area (Å²) >= 11 is 5.85. The average Bonchev–Trinajstić information content (AvgIpc) is 2.33. The quantitative estimate of drug-likeness (QED) is 0.888. The molecule has 0 aliphatic rings. The van der Waals surface area contributed by atoms with Gasteiger partial charge in [0, 0.05) is 23.5 Å². The molecule has 2 aromatic rings. The monoisotopic (exact) mass is 246 g/mol. The Morgan fingerprint density at radius 1 is 1.24 bits per heavy atom. The van der Waals surface area contributed by atoms with Crippen LogP contribution < -0.4 is 5.32 Å². The maximum atomic E-state index is 5.85. The average molecular weight is 247 g/mol. The minimum absolute atomic E-state index is 0.361. The maximum absolute atomic E-state index is 5.85. The second kappa shape index (κ2) is 5.69. The van der Waals surface area contributed by atoms with Crippen molar-refractivity contribution < 1.29 is 0 Å². The Balaban J connectivity index is 1.93. The molecule has 0 spiro atoms. The second-order valence-electron chi connectivity index (χ2n) is 4.12. The first-order valence-electron chi connectivity index (χ1n) is 5.65. The smallest absolute Gasteiger partial charge is 0.0528 e. The summed E-state index contributed by atoms with van der Waals surface area (Å²) in [6, 6.07) is 12.3. The van der Waals surface area contributed by atoms with Gasteiger partial charge in [-0.15, -0.1) is 0 Å². The molecule has 3 heteroatoms. The Hall–Kier alpha value is -1.54. The van der Waals surface area contributed by atoms with Crippen LogP contribution in [-0.4, -0.2) is 11.0 Å². The van der Waals surface area contributed by atoms with E-state index in [2.05, 4.69) is 29.4 Å². The molecule has 0 fully saturated rings. The fraction of sp³-hybridized carbons (Fsp3) is 0.214. The molecular weight excluding hydrogens is 232 g/mol. The van der Waals surface area contributed by atoms with Gasteiger partial charge in [0.05, 0.1) is 5.69 Å². The number of hydrogen-bond acceptors (Lipinski definition) is 2. The van der Waals surface area contributed by atoms with Crippen molar-refractivity contribution in [1.82, 2.24) is 4.98 Å². The highest BCUT2D eigenvalue weighted by atomic mass is 35.5. The molecule has 0 radical (unpaired) electrons. The van der Waals surface area contributed by atoms with Crippen LogP contribution in [0, 0.1) is 0 Å². The number of nitrogens with zero attached hydrogens (tertiary/aromatic N) is 1. The predicted octanol–water partition coefficient (Wildman–Crippen LogP) is 3.78. The standard InChI is InChI=1S/C14H15ClN2/c1-11(17-14-3-2-8-16-10-14)9-12-4-6-13(15)7-5-12/h2-8,10-11,17H,9H2,1H3. The molecule has 1 N–H and O–H groups in total. The summed E-state index contributed by atoms with van der Waals surface area (Å²) < 4.78 is 0. The number of benzene rings is 1. The number of nitrogens with one attached hydrogen (secondary N) is 1. The maximum Gasteiger partial charge on any atom is 0.0528 e. The van der Waals surface area contributed by atoms with Crippen molar-refractivity contribution >= 4 is 17.3 Å². The lowest BCUT2D eigenvalue weighted by Gasteiger charge is -2.14. The van der Waals surface area contributed by atoms with Crippen molar-refractivity contribution in [2.24, 2.45) is 0 Å². The fourth-order valence-electron chi connectivity index (χ4n) is 1.76. The number of aromatic nitrogens is 1. The van der Waals surface area contributed by atoms with Gasteiger partial charge in [-0.05, 0) is 43.2 Å². The van der Waals surface area contributed by atoms with Crippen molar-refractivity contribution in [3.8, 4) is 0 Å². The first kappa shape index (κ1) is 11.9. The van der Waals surface area contributed by atoms with Gasteiger partial charge in [0.25, 0.3) is 0 Å². The van der Waals surface area contributed by atoms with Crippen LogP contribution in [0.5, 0.6) is 0 Å². The Bertz CT molecular complexity index is 453. The van der Waals surface area contributed by atoms with E-state index in [4.69, 9.17) is 11.6 Å². The van der Waals surface area contributed by atoms with E-state index in [9.17, 15) is 0 Å². The molecule has 0 bridgehead atoms. The van der Waals surface area contributed by atoms with Gasteiger partial charge in [-0.1, -0.05) is 23.7 Å². The van der Waals surface area contributed by atoms with Crippen LogP contribution in [0.4, 0.5) is 5.69 Å². The van der Waals surface area contributed by atoms with E-state index in [1.165, 1.54) is 5.56 Å². The number of anilines is 1. The minimum atomic E-state index is 0.361. The molecular formula is C14H15ClN2. The summed E-state index contributed by atoms with van der Waals surface area (Å²) in [5.74, 6) is 0. The van der Waals surface area contributed by atoms with Gasteiger partial charge in [-0.3, -0.25) is 4.98 Å². The molecule has 2 nitrogen and oxygen atoms in total. The van der Waals surface area contributed by atoms with Crippen LogP contribution in [0.3, 0.4) is 0 Å². The molecule has 0 aliphatic carbocycles. The Labute approximate surface area is 107 Å². The molecule has 88 valence electrons. The molecule has 1 unspecified atom stereocenters. The summed E-state index contributed by atoms with van der Waals surface area (Å²) in [7, 11) is 0. The van der Waals surface area contributed by atoms with Crippen molar-refractivity contribution in [1.29, 1.82) is 0 Å². The summed E-state index contributed by atoms with van der Waals surface area (Å²) in [4.78, 5) is 4.08. The minimum Gasteiger partial charge on any atom is -0.381 e. The van der Waals surface area contributed by atoms with Crippen LogP contribution in [0.15, 0.2) is 48.8 Å². The molecule has 0 saturated heterocycles. The molecule has 1 atom stereocenters. The molecule has 2 rings (SSSR count). The zero-order valence-corrected chi connectivity index (χ0v) is 10.5. The molecule has 1 aromatic heterocycles. The Morgan fingerprint density at radius 2 is 2.00 bits per heavy atom. The molecule has 1 aromatic carbocycles. The summed E-state index contributed by atoms with van der Waals surface area (Å²) in [6.45, 7) is 2.15. The van der Waals surface area contributed by atoms with Crippen LogP contribution >= 0.6 is 11.6 Å². The first-order valence-corrected chi connectivity index (χ1v) is 6.03. The third-order valence-corrected chi connectivity index (χ3v) is 2.78. The molecule has 0 saturated carbocycles. The zero-order chi connectivity index (χ0) is 12.1. The van der Waals surface area contributed by atoms with Gasteiger partial charge in [-0.25, -0.2) is 0 Å². The summed E-state index contributed by atoms with van der Waals surface area (Å²) in [5.41, 5.74) is 2.33. The lowest BCUT2D eigenvalue weighted by atomic mass is 10.1. The van der Waals surface area contributed by atoms with Gasteiger partial charge in [0.2, 0.25) is 0 Å². The van der Waals surface area contributed by atoms with Crippen LogP contribution in [-0.2, 0) is 6.42 Å². The van der Waals surface area contributed by atoms with Crippen molar-refractivity contribution in [3.05, 3.63) is 59.4 Å². The van der Waals surface area contributed by atoms with Gasteiger partial charge in [0.15, 0.2) is 0 Å². The number of halogens is 1. The normalized spacial score (nSPS) is 12.1. The second-order valence-corrected chi connectivity index (χ2v) is 4.55. The Kier molecular flexibility index (Phi) is 3.99. The van der Waals surface area contributed by atoms with Crippen LogP contribution in [0.25, 0.3) is 0 Å². The predicted molar refractivity (Wildman–Crippen MR) is 72.5 cm³/mol. The van der Waals surface area contributed by atoms with E-state index in [0.29, 0.717) is 6.04 Å². The van der Waals surface area contributed by atoms with E-state index in [1.54, 1.807) is 6.20 Å². The van der Waals surface area contributed by atoms with E-state index < -0.39 is 0 Å². The fourth-order valence-corrected chi connectivity index (χ4v) is 1.88. The number of rotatable bonds is 4. The van der Waals surface area contributed by atoms with E-state index >= 15 is 0 Å². The lowest BCUT2D eigenvalue weighted by Crippen LogP contribution is -2.17. The van der Waals surface area contributed by atoms with E-state index in [0.717, 1.165) is 17.1 Å².